The predicted octanol–water partition coefficient (Wildman–Crippen LogP) is 0.293. The summed E-state index contributed by atoms with van der Waals surface area (Å²) in [5.74, 6) is -0.110. The van der Waals surface area contributed by atoms with Gasteiger partial charge in [-0.05, 0) is 28.1 Å². The van der Waals surface area contributed by atoms with Gasteiger partial charge in [-0.25, -0.2) is 4.98 Å². The van der Waals surface area contributed by atoms with Crippen molar-refractivity contribution in [2.45, 2.75) is 6.54 Å². The summed E-state index contributed by atoms with van der Waals surface area (Å²) in [5, 5.41) is 5.43. The Labute approximate surface area is 118 Å². The average molecular weight is 325 g/mol. The van der Waals surface area contributed by atoms with Crippen molar-refractivity contribution < 1.29 is 4.79 Å². The number of carbonyl (C=O) groups is 1. The predicted molar refractivity (Wildman–Crippen MR) is 74.9 cm³/mol. The van der Waals surface area contributed by atoms with Crippen LogP contribution in [0, 0.1) is 0 Å². The Morgan fingerprint density at radius 1 is 1.47 bits per heavy atom. The van der Waals surface area contributed by atoms with Gasteiger partial charge in [-0.15, -0.1) is 0 Å². The maximum atomic E-state index is 11.9. The number of rotatable bonds is 4. The van der Waals surface area contributed by atoms with Gasteiger partial charge < -0.3 is 10.6 Å². The Bertz CT molecular complexity index is 668. The van der Waals surface area contributed by atoms with Gasteiger partial charge in [0.05, 0.1) is 12.2 Å². The summed E-state index contributed by atoms with van der Waals surface area (Å²) in [6, 6.07) is 5.04. The molecule has 19 heavy (non-hydrogen) atoms. The Balaban J connectivity index is 2.19. The third-order valence-electron chi connectivity index (χ3n) is 2.55. The largest absolute Gasteiger partial charge is 0.358 e. The Morgan fingerprint density at radius 2 is 2.26 bits per heavy atom. The molecular weight excluding hydrogens is 312 g/mol. The fourth-order valence-electron chi connectivity index (χ4n) is 1.61. The number of halogens is 1. The molecule has 0 bridgehead atoms. The molecule has 2 aromatic rings. The van der Waals surface area contributed by atoms with E-state index in [4.69, 9.17) is 0 Å². The van der Waals surface area contributed by atoms with E-state index in [2.05, 4.69) is 31.5 Å². The van der Waals surface area contributed by atoms with Crippen LogP contribution >= 0.6 is 15.9 Å². The van der Waals surface area contributed by atoms with Gasteiger partial charge in [0.15, 0.2) is 0 Å². The standard InChI is InChI=1S/C12H13BrN4O2/c1-14-11(18)6-15-5-9-4-12(19)17-7-8(13)2-3-10(17)16-9/h2-4,7,15H,5-6H2,1H3,(H,14,18). The first-order valence-electron chi connectivity index (χ1n) is 5.69. The van der Waals surface area contributed by atoms with Gasteiger partial charge in [0.25, 0.3) is 5.56 Å². The van der Waals surface area contributed by atoms with E-state index < -0.39 is 0 Å². The third kappa shape index (κ3) is 3.39. The van der Waals surface area contributed by atoms with Crippen molar-refractivity contribution in [1.82, 2.24) is 20.0 Å². The number of nitrogens with zero attached hydrogens (tertiary/aromatic N) is 2. The highest BCUT2D eigenvalue weighted by Crippen LogP contribution is 2.09. The molecule has 0 aliphatic heterocycles. The van der Waals surface area contributed by atoms with Gasteiger partial charge in [-0.3, -0.25) is 14.0 Å². The van der Waals surface area contributed by atoms with E-state index in [0.717, 1.165) is 4.47 Å². The number of carbonyl (C=O) groups excluding carboxylic acids is 1. The number of nitrogens with one attached hydrogen (secondary N) is 2. The zero-order chi connectivity index (χ0) is 13.8. The first-order chi connectivity index (χ1) is 9.10. The lowest BCUT2D eigenvalue weighted by molar-refractivity contribution is -0.119. The molecule has 0 aromatic carbocycles. The lowest BCUT2D eigenvalue weighted by Crippen LogP contribution is -2.31. The summed E-state index contributed by atoms with van der Waals surface area (Å²) in [6.07, 6.45) is 1.67. The highest BCUT2D eigenvalue weighted by atomic mass is 79.9. The summed E-state index contributed by atoms with van der Waals surface area (Å²) < 4.78 is 2.28. The number of hydrogen-bond acceptors (Lipinski definition) is 4. The van der Waals surface area contributed by atoms with E-state index in [1.807, 2.05) is 6.07 Å². The number of likely N-dealkylation sites (N-methyl/N-ethyl adjacent to an activating group) is 1. The maximum Gasteiger partial charge on any atom is 0.258 e. The van der Waals surface area contributed by atoms with Crippen LogP contribution < -0.4 is 16.2 Å². The molecule has 0 aliphatic carbocycles. The van der Waals surface area contributed by atoms with Crippen molar-refractivity contribution in [2.75, 3.05) is 13.6 Å². The summed E-state index contributed by atoms with van der Waals surface area (Å²) in [7, 11) is 1.57. The molecule has 0 atom stereocenters. The van der Waals surface area contributed by atoms with E-state index >= 15 is 0 Å². The first-order valence-corrected chi connectivity index (χ1v) is 6.48. The zero-order valence-corrected chi connectivity index (χ0v) is 11.9. The number of hydrogen-bond donors (Lipinski definition) is 2. The first kappa shape index (κ1) is 13.7. The Morgan fingerprint density at radius 3 is 3.00 bits per heavy atom. The topological polar surface area (TPSA) is 75.5 Å². The monoisotopic (exact) mass is 324 g/mol. The molecule has 100 valence electrons. The molecule has 0 unspecified atom stereocenters. The van der Waals surface area contributed by atoms with Crippen LogP contribution in [0.1, 0.15) is 5.69 Å². The van der Waals surface area contributed by atoms with Crippen LogP contribution in [0.25, 0.3) is 5.65 Å². The van der Waals surface area contributed by atoms with Gasteiger partial charge in [-0.2, -0.15) is 0 Å². The number of amides is 1. The fraction of sp³-hybridized carbons (Fsp3) is 0.250. The van der Waals surface area contributed by atoms with Crippen LogP contribution in [0.4, 0.5) is 0 Å². The molecule has 7 heteroatoms. The SMILES string of the molecule is CNC(=O)CNCc1cc(=O)n2cc(Br)ccc2n1. The molecule has 2 aromatic heterocycles. The van der Waals surface area contributed by atoms with Crippen molar-refractivity contribution in [3.05, 3.63) is 44.9 Å². The highest BCUT2D eigenvalue weighted by Gasteiger charge is 2.03. The van der Waals surface area contributed by atoms with Gasteiger partial charge >= 0.3 is 0 Å². The maximum absolute atomic E-state index is 11.9. The van der Waals surface area contributed by atoms with Crippen molar-refractivity contribution in [3.63, 3.8) is 0 Å². The van der Waals surface area contributed by atoms with Gasteiger partial charge in [0.1, 0.15) is 5.65 Å². The van der Waals surface area contributed by atoms with Gasteiger partial charge in [-0.1, -0.05) is 0 Å². The number of fused-ring (bicyclic) bond motifs is 1. The smallest absolute Gasteiger partial charge is 0.258 e. The van der Waals surface area contributed by atoms with Crippen LogP contribution in [0.15, 0.2) is 33.7 Å². The Hall–Kier alpha value is -1.73. The van der Waals surface area contributed by atoms with Crippen LogP contribution in [0.2, 0.25) is 0 Å². The third-order valence-corrected chi connectivity index (χ3v) is 3.02. The highest BCUT2D eigenvalue weighted by molar-refractivity contribution is 9.10. The minimum Gasteiger partial charge on any atom is -0.358 e. The molecule has 1 amide bonds. The van der Waals surface area contributed by atoms with Crippen molar-refractivity contribution in [2.24, 2.45) is 0 Å². The van der Waals surface area contributed by atoms with Crippen molar-refractivity contribution in [3.8, 4) is 0 Å². The molecule has 0 spiro atoms. The fourth-order valence-corrected chi connectivity index (χ4v) is 1.95. The number of aromatic nitrogens is 2. The minimum atomic E-state index is -0.150. The van der Waals surface area contributed by atoms with E-state index in [1.54, 1.807) is 19.3 Å². The molecular formula is C12H13BrN4O2. The van der Waals surface area contributed by atoms with E-state index in [1.165, 1.54) is 10.5 Å². The van der Waals surface area contributed by atoms with Crippen LogP contribution in [0.5, 0.6) is 0 Å². The number of pyridine rings is 1. The second-order valence-electron chi connectivity index (χ2n) is 3.94. The zero-order valence-electron chi connectivity index (χ0n) is 10.3. The van der Waals surface area contributed by atoms with Crippen LogP contribution in [0.3, 0.4) is 0 Å². The molecule has 6 nitrogen and oxygen atoms in total. The Kier molecular flexibility index (Phi) is 4.28. The second kappa shape index (κ2) is 5.94. The molecule has 0 aliphatic rings. The molecule has 0 radical (unpaired) electrons. The molecule has 0 saturated carbocycles. The molecule has 0 saturated heterocycles. The normalized spacial score (nSPS) is 10.6. The van der Waals surface area contributed by atoms with Gasteiger partial charge in [0.2, 0.25) is 5.91 Å². The van der Waals surface area contributed by atoms with Crippen molar-refractivity contribution in [1.29, 1.82) is 0 Å². The quantitative estimate of drug-likeness (QED) is 0.847. The summed E-state index contributed by atoms with van der Waals surface area (Å²) in [5.41, 5.74) is 1.03. The van der Waals surface area contributed by atoms with Crippen molar-refractivity contribution >= 4 is 27.5 Å². The van der Waals surface area contributed by atoms with Crippen LogP contribution in [-0.2, 0) is 11.3 Å². The molecule has 2 rings (SSSR count). The molecule has 0 fully saturated rings. The van der Waals surface area contributed by atoms with E-state index in [0.29, 0.717) is 17.9 Å². The lowest BCUT2D eigenvalue weighted by atomic mass is 10.3. The average Bonchev–Trinajstić information content (AvgIpc) is 2.39. The minimum absolute atomic E-state index is 0.110. The molecule has 2 heterocycles. The van der Waals surface area contributed by atoms with E-state index in [-0.39, 0.29) is 18.0 Å². The summed E-state index contributed by atoms with van der Waals surface area (Å²) in [6.45, 7) is 0.563. The van der Waals surface area contributed by atoms with Gasteiger partial charge in [0, 0.05) is 30.3 Å². The summed E-state index contributed by atoms with van der Waals surface area (Å²) in [4.78, 5) is 27.3. The van der Waals surface area contributed by atoms with E-state index in [9.17, 15) is 9.59 Å². The molecule has 2 N–H and O–H groups in total. The summed E-state index contributed by atoms with van der Waals surface area (Å²) >= 11 is 3.31. The second-order valence-corrected chi connectivity index (χ2v) is 4.85. The lowest BCUT2D eigenvalue weighted by Gasteiger charge is -2.05. The van der Waals surface area contributed by atoms with Crippen LogP contribution in [-0.4, -0.2) is 28.9 Å².